The number of benzene rings is 2. The van der Waals surface area contributed by atoms with Gasteiger partial charge in [-0.1, -0.05) is 12.1 Å². The predicted octanol–water partition coefficient (Wildman–Crippen LogP) is 2.47. The van der Waals surface area contributed by atoms with E-state index in [9.17, 15) is 9.59 Å². The third-order valence-corrected chi connectivity index (χ3v) is 5.11. The summed E-state index contributed by atoms with van der Waals surface area (Å²) in [5, 5.41) is 2.98. The molecule has 0 saturated carbocycles. The second-order valence-electron chi connectivity index (χ2n) is 7.11. The predicted molar refractivity (Wildman–Crippen MR) is 113 cm³/mol. The fraction of sp³-hybridized carbons (Fsp3) is 0.391. The van der Waals surface area contributed by atoms with E-state index in [1.54, 1.807) is 31.4 Å². The van der Waals surface area contributed by atoms with Crippen LogP contribution in [0, 0.1) is 0 Å². The van der Waals surface area contributed by atoms with E-state index in [-0.39, 0.29) is 24.3 Å². The zero-order valence-electron chi connectivity index (χ0n) is 17.4. The van der Waals surface area contributed by atoms with E-state index >= 15 is 0 Å². The lowest BCUT2D eigenvalue weighted by molar-refractivity contribution is -0.123. The van der Waals surface area contributed by atoms with Crippen LogP contribution >= 0.6 is 0 Å². The second kappa shape index (κ2) is 10.8. The minimum Gasteiger partial charge on any atom is -0.497 e. The number of carbonyl (C=O) groups is 2. The Labute approximate surface area is 176 Å². The molecule has 30 heavy (non-hydrogen) atoms. The van der Waals surface area contributed by atoms with Crippen molar-refractivity contribution >= 4 is 11.7 Å². The number of amides is 1. The molecule has 1 aliphatic heterocycles. The van der Waals surface area contributed by atoms with Gasteiger partial charge >= 0.3 is 0 Å². The van der Waals surface area contributed by atoms with Crippen molar-refractivity contribution in [2.75, 3.05) is 46.6 Å². The number of ether oxygens (including phenoxy) is 3. The average Bonchev–Trinajstić information content (AvgIpc) is 2.79. The highest BCUT2D eigenvalue weighted by atomic mass is 16.5. The molecule has 1 aliphatic rings. The highest BCUT2D eigenvalue weighted by Gasteiger charge is 2.23. The summed E-state index contributed by atoms with van der Waals surface area (Å²) in [5.74, 6) is 1.15. The fourth-order valence-corrected chi connectivity index (χ4v) is 3.37. The molecule has 0 aliphatic carbocycles. The molecule has 1 atom stereocenters. The lowest BCUT2D eigenvalue weighted by Gasteiger charge is -2.35. The standard InChI is InChI=1S/C23H28N2O5/c1-17(26)18-3-9-21(10-4-18)30-16-23(27)24-15-22(25-11-13-29-14-12-25)19-5-7-20(28-2)8-6-19/h3-10,22H,11-16H2,1-2H3,(H,24,27). The van der Waals surface area contributed by atoms with Crippen molar-refractivity contribution in [1.82, 2.24) is 10.2 Å². The molecular formula is C23H28N2O5. The van der Waals surface area contributed by atoms with Crippen molar-refractivity contribution in [3.8, 4) is 11.5 Å². The highest BCUT2D eigenvalue weighted by Crippen LogP contribution is 2.23. The number of nitrogens with one attached hydrogen (secondary N) is 1. The number of Topliss-reactive ketones (excluding diaryl/α,β-unsaturated/α-hetero) is 1. The summed E-state index contributed by atoms with van der Waals surface area (Å²) in [6.07, 6.45) is 0. The number of morpholine rings is 1. The van der Waals surface area contributed by atoms with Crippen LogP contribution in [0.1, 0.15) is 28.9 Å². The van der Waals surface area contributed by atoms with Gasteiger partial charge < -0.3 is 19.5 Å². The van der Waals surface area contributed by atoms with Crippen molar-refractivity contribution < 1.29 is 23.8 Å². The van der Waals surface area contributed by atoms with Gasteiger partial charge in [-0.05, 0) is 48.9 Å². The number of hydrogen-bond donors (Lipinski definition) is 1. The molecule has 7 heteroatoms. The molecule has 7 nitrogen and oxygen atoms in total. The molecule has 1 saturated heterocycles. The van der Waals surface area contributed by atoms with Crippen LogP contribution in [0.15, 0.2) is 48.5 Å². The summed E-state index contributed by atoms with van der Waals surface area (Å²) in [5.41, 5.74) is 1.72. The van der Waals surface area contributed by atoms with Crippen LogP contribution in [-0.2, 0) is 9.53 Å². The molecule has 3 rings (SSSR count). The third-order valence-electron chi connectivity index (χ3n) is 5.11. The number of ketones is 1. The number of carbonyl (C=O) groups excluding carboxylic acids is 2. The van der Waals surface area contributed by atoms with Gasteiger partial charge in [0.05, 0.1) is 26.4 Å². The first-order chi connectivity index (χ1) is 14.6. The minimum atomic E-state index is -0.197. The van der Waals surface area contributed by atoms with E-state index in [1.807, 2.05) is 24.3 Å². The molecule has 1 fully saturated rings. The first-order valence-electron chi connectivity index (χ1n) is 10.0. The number of methoxy groups -OCH3 is 1. The Kier molecular flexibility index (Phi) is 7.82. The van der Waals surface area contributed by atoms with Gasteiger partial charge in [-0.15, -0.1) is 0 Å². The van der Waals surface area contributed by atoms with Crippen molar-refractivity contribution in [2.45, 2.75) is 13.0 Å². The van der Waals surface area contributed by atoms with Crippen molar-refractivity contribution in [2.24, 2.45) is 0 Å². The van der Waals surface area contributed by atoms with E-state index in [2.05, 4.69) is 10.2 Å². The Morgan fingerprint density at radius 2 is 1.67 bits per heavy atom. The van der Waals surface area contributed by atoms with Gasteiger partial charge in [-0.25, -0.2) is 0 Å². The van der Waals surface area contributed by atoms with Gasteiger partial charge in [0.15, 0.2) is 12.4 Å². The monoisotopic (exact) mass is 412 g/mol. The summed E-state index contributed by atoms with van der Waals surface area (Å²) in [6, 6.07) is 14.7. The van der Waals surface area contributed by atoms with Crippen molar-refractivity contribution in [3.05, 3.63) is 59.7 Å². The second-order valence-corrected chi connectivity index (χ2v) is 7.11. The van der Waals surface area contributed by atoms with Gasteiger partial charge in [0.25, 0.3) is 5.91 Å². The largest absolute Gasteiger partial charge is 0.497 e. The van der Waals surface area contributed by atoms with Crippen molar-refractivity contribution in [1.29, 1.82) is 0 Å². The summed E-state index contributed by atoms with van der Waals surface area (Å²) >= 11 is 0. The Morgan fingerprint density at radius 3 is 2.27 bits per heavy atom. The Balaban J connectivity index is 1.57. The Bertz CT molecular complexity index is 830. The normalized spacial score (nSPS) is 15.3. The maximum absolute atomic E-state index is 12.4. The van der Waals surface area contributed by atoms with E-state index in [0.29, 0.717) is 31.1 Å². The smallest absolute Gasteiger partial charge is 0.258 e. The van der Waals surface area contributed by atoms with Crippen LogP contribution in [0.3, 0.4) is 0 Å². The maximum Gasteiger partial charge on any atom is 0.258 e. The van der Waals surface area contributed by atoms with E-state index in [4.69, 9.17) is 14.2 Å². The molecule has 1 heterocycles. The SMILES string of the molecule is COc1ccc(C(CNC(=O)COc2ccc(C(C)=O)cc2)N2CCOCC2)cc1. The van der Waals surface area contributed by atoms with Crippen LogP contribution in [0.2, 0.25) is 0 Å². The molecule has 0 aromatic heterocycles. The molecule has 2 aromatic rings. The molecule has 0 radical (unpaired) electrons. The van der Waals surface area contributed by atoms with E-state index < -0.39 is 0 Å². The van der Waals surface area contributed by atoms with E-state index in [0.717, 1.165) is 24.4 Å². The van der Waals surface area contributed by atoms with Crippen LogP contribution in [-0.4, -0.2) is 63.2 Å². The van der Waals surface area contributed by atoms with Gasteiger partial charge in [-0.3, -0.25) is 14.5 Å². The number of hydrogen-bond acceptors (Lipinski definition) is 6. The van der Waals surface area contributed by atoms with Crippen LogP contribution in [0.25, 0.3) is 0 Å². The minimum absolute atomic E-state index is 0.00743. The van der Waals surface area contributed by atoms with Gasteiger partial charge in [0.2, 0.25) is 0 Å². The zero-order valence-corrected chi connectivity index (χ0v) is 17.4. The van der Waals surface area contributed by atoms with Crippen LogP contribution < -0.4 is 14.8 Å². The maximum atomic E-state index is 12.4. The summed E-state index contributed by atoms with van der Waals surface area (Å²) in [7, 11) is 1.64. The summed E-state index contributed by atoms with van der Waals surface area (Å²) in [6.45, 7) is 4.88. The van der Waals surface area contributed by atoms with Gasteiger partial charge in [0.1, 0.15) is 11.5 Å². The topological polar surface area (TPSA) is 77.1 Å². The molecule has 0 spiro atoms. The van der Waals surface area contributed by atoms with Gasteiger partial charge in [-0.2, -0.15) is 0 Å². The quantitative estimate of drug-likeness (QED) is 0.638. The Morgan fingerprint density at radius 1 is 1.03 bits per heavy atom. The lowest BCUT2D eigenvalue weighted by Crippen LogP contribution is -2.44. The molecule has 1 unspecified atom stereocenters. The van der Waals surface area contributed by atoms with Crippen molar-refractivity contribution in [3.63, 3.8) is 0 Å². The average molecular weight is 412 g/mol. The molecular weight excluding hydrogens is 384 g/mol. The number of rotatable bonds is 9. The van der Waals surface area contributed by atoms with Crippen LogP contribution in [0.5, 0.6) is 11.5 Å². The molecule has 1 N–H and O–H groups in total. The van der Waals surface area contributed by atoms with Crippen LogP contribution in [0.4, 0.5) is 0 Å². The Hall–Kier alpha value is -2.90. The lowest BCUT2D eigenvalue weighted by atomic mass is 10.0. The summed E-state index contributed by atoms with van der Waals surface area (Å²) < 4.78 is 16.3. The zero-order chi connectivity index (χ0) is 21.3. The molecule has 160 valence electrons. The summed E-state index contributed by atoms with van der Waals surface area (Å²) in [4.78, 5) is 26.0. The fourth-order valence-electron chi connectivity index (χ4n) is 3.37. The highest BCUT2D eigenvalue weighted by molar-refractivity contribution is 5.94. The molecule has 1 amide bonds. The van der Waals surface area contributed by atoms with E-state index in [1.165, 1.54) is 6.92 Å². The molecule has 2 aromatic carbocycles. The van der Waals surface area contributed by atoms with Gasteiger partial charge in [0, 0.05) is 25.2 Å². The first kappa shape index (κ1) is 21.8. The third kappa shape index (κ3) is 6.05. The first-order valence-corrected chi connectivity index (χ1v) is 10.0. The molecule has 0 bridgehead atoms. The number of nitrogens with zero attached hydrogens (tertiary/aromatic N) is 1.